The molecular weight excluding hydrogens is 230 g/mol. The Hall–Kier alpha value is -1.08. The Morgan fingerprint density at radius 2 is 2.05 bits per heavy atom. The van der Waals surface area contributed by atoms with Crippen molar-refractivity contribution in [1.82, 2.24) is 0 Å². The third kappa shape index (κ3) is 3.09. The summed E-state index contributed by atoms with van der Waals surface area (Å²) in [4.78, 5) is 0. The van der Waals surface area contributed by atoms with Crippen LogP contribution in [-0.4, -0.2) is 0 Å². The van der Waals surface area contributed by atoms with Crippen molar-refractivity contribution in [2.24, 2.45) is 5.73 Å². The molecule has 0 aromatic heterocycles. The van der Waals surface area contributed by atoms with Crippen molar-refractivity contribution in [3.8, 4) is 0 Å². The second-order valence-electron chi connectivity index (χ2n) is 6.22. The van der Waals surface area contributed by atoms with E-state index in [2.05, 4.69) is 30.3 Å². The van der Waals surface area contributed by atoms with E-state index in [-0.39, 0.29) is 6.04 Å². The fourth-order valence-corrected chi connectivity index (χ4v) is 3.28. The Balaban J connectivity index is 1.68. The van der Waals surface area contributed by atoms with Gasteiger partial charge in [0.2, 0.25) is 0 Å². The predicted molar refractivity (Wildman–Crippen MR) is 81.1 cm³/mol. The van der Waals surface area contributed by atoms with Gasteiger partial charge in [0, 0.05) is 6.04 Å². The second-order valence-corrected chi connectivity index (χ2v) is 6.22. The number of allylic oxidation sites excluding steroid dienone is 1. The molecule has 1 heteroatoms. The van der Waals surface area contributed by atoms with Gasteiger partial charge in [-0.15, -0.1) is 0 Å². The maximum absolute atomic E-state index is 6.41. The third-order valence-corrected chi connectivity index (χ3v) is 4.78. The molecule has 0 spiro atoms. The van der Waals surface area contributed by atoms with E-state index in [1.807, 2.05) is 0 Å². The first kappa shape index (κ1) is 12.9. The topological polar surface area (TPSA) is 26.0 Å². The van der Waals surface area contributed by atoms with Crippen LogP contribution in [0.4, 0.5) is 0 Å². The van der Waals surface area contributed by atoms with Crippen LogP contribution < -0.4 is 5.73 Å². The van der Waals surface area contributed by atoms with Crippen molar-refractivity contribution < 1.29 is 0 Å². The zero-order valence-corrected chi connectivity index (χ0v) is 11.8. The molecule has 1 fully saturated rings. The van der Waals surface area contributed by atoms with Crippen LogP contribution in [0.5, 0.6) is 0 Å². The number of hydrogen-bond acceptors (Lipinski definition) is 1. The minimum absolute atomic E-state index is 0.185. The molecule has 2 aliphatic carbocycles. The summed E-state index contributed by atoms with van der Waals surface area (Å²) in [5.74, 6) is 0.807. The zero-order chi connectivity index (χ0) is 13.1. The summed E-state index contributed by atoms with van der Waals surface area (Å²) in [6, 6.07) is 9.22. The minimum atomic E-state index is 0.185. The molecular formula is C18H25N. The average molecular weight is 255 g/mol. The molecule has 1 nitrogen and oxygen atoms in total. The lowest BCUT2D eigenvalue weighted by Gasteiger charge is -2.27. The van der Waals surface area contributed by atoms with Gasteiger partial charge in [-0.3, -0.25) is 0 Å². The maximum atomic E-state index is 6.41. The fraction of sp³-hybridized carbons (Fsp3) is 0.556. The molecule has 0 bridgehead atoms. The first-order valence-electron chi connectivity index (χ1n) is 7.86. The van der Waals surface area contributed by atoms with Gasteiger partial charge in [-0.2, -0.15) is 0 Å². The molecule has 1 saturated carbocycles. The van der Waals surface area contributed by atoms with Crippen LogP contribution in [0.15, 0.2) is 35.9 Å². The molecule has 1 unspecified atom stereocenters. The highest BCUT2D eigenvalue weighted by Gasteiger charge is 2.20. The Bertz CT molecular complexity index is 457. The van der Waals surface area contributed by atoms with Crippen LogP contribution in [0.2, 0.25) is 0 Å². The lowest BCUT2D eigenvalue weighted by Crippen LogP contribution is -2.14. The Labute approximate surface area is 116 Å². The first-order chi connectivity index (χ1) is 9.33. The normalized spacial score (nSPS) is 21.6. The lowest BCUT2D eigenvalue weighted by molar-refractivity contribution is 0.419. The molecule has 1 atom stereocenters. The molecule has 0 heterocycles. The highest BCUT2D eigenvalue weighted by Crippen LogP contribution is 2.37. The molecule has 102 valence electrons. The van der Waals surface area contributed by atoms with Gasteiger partial charge in [0.1, 0.15) is 0 Å². The predicted octanol–water partition coefficient (Wildman–Crippen LogP) is 4.84. The molecule has 2 aliphatic rings. The SMILES string of the molecule is NC(CC1=CCCCC1)c1cccc(C2CCC2)c1. The smallest absolute Gasteiger partial charge is 0.0332 e. The van der Waals surface area contributed by atoms with Gasteiger partial charge in [-0.1, -0.05) is 42.3 Å². The van der Waals surface area contributed by atoms with Crippen molar-refractivity contribution in [2.45, 2.75) is 63.3 Å². The summed E-state index contributed by atoms with van der Waals surface area (Å²) >= 11 is 0. The van der Waals surface area contributed by atoms with Gasteiger partial charge >= 0.3 is 0 Å². The summed E-state index contributed by atoms with van der Waals surface area (Å²) < 4.78 is 0. The van der Waals surface area contributed by atoms with E-state index in [9.17, 15) is 0 Å². The molecule has 0 radical (unpaired) electrons. The van der Waals surface area contributed by atoms with Gasteiger partial charge in [-0.25, -0.2) is 0 Å². The van der Waals surface area contributed by atoms with Gasteiger partial charge in [0.25, 0.3) is 0 Å². The summed E-state index contributed by atoms with van der Waals surface area (Å²) in [6.45, 7) is 0. The van der Waals surface area contributed by atoms with Gasteiger partial charge in [-0.05, 0) is 62.0 Å². The van der Waals surface area contributed by atoms with E-state index >= 15 is 0 Å². The number of benzene rings is 1. The molecule has 0 amide bonds. The minimum Gasteiger partial charge on any atom is -0.324 e. The average Bonchev–Trinajstić information content (AvgIpc) is 2.38. The molecule has 0 saturated heterocycles. The quantitative estimate of drug-likeness (QED) is 0.765. The zero-order valence-electron chi connectivity index (χ0n) is 11.8. The molecule has 2 N–H and O–H groups in total. The van der Waals surface area contributed by atoms with Crippen LogP contribution in [0, 0.1) is 0 Å². The second kappa shape index (κ2) is 5.92. The standard InChI is InChI=1S/C18H25N/c19-18(12-14-6-2-1-3-7-14)17-11-5-10-16(13-17)15-8-4-9-15/h5-6,10-11,13,15,18H,1-4,7-9,12,19H2. The Morgan fingerprint density at radius 1 is 1.16 bits per heavy atom. The largest absolute Gasteiger partial charge is 0.324 e. The van der Waals surface area contributed by atoms with Crippen molar-refractivity contribution in [2.75, 3.05) is 0 Å². The summed E-state index contributed by atoms with van der Waals surface area (Å²) in [7, 11) is 0. The highest BCUT2D eigenvalue weighted by molar-refractivity contribution is 5.30. The Kier molecular flexibility index (Phi) is 4.03. The highest BCUT2D eigenvalue weighted by atomic mass is 14.6. The fourth-order valence-electron chi connectivity index (χ4n) is 3.28. The van der Waals surface area contributed by atoms with E-state index in [1.54, 1.807) is 5.57 Å². The van der Waals surface area contributed by atoms with E-state index in [4.69, 9.17) is 5.73 Å². The molecule has 3 rings (SSSR count). The van der Waals surface area contributed by atoms with E-state index in [0.29, 0.717) is 0 Å². The number of rotatable bonds is 4. The van der Waals surface area contributed by atoms with Crippen molar-refractivity contribution >= 4 is 0 Å². The van der Waals surface area contributed by atoms with Gasteiger partial charge in [0.15, 0.2) is 0 Å². The van der Waals surface area contributed by atoms with Crippen LogP contribution >= 0.6 is 0 Å². The van der Waals surface area contributed by atoms with Crippen LogP contribution in [0.1, 0.15) is 74.5 Å². The van der Waals surface area contributed by atoms with Crippen LogP contribution in [-0.2, 0) is 0 Å². The number of nitrogens with two attached hydrogens (primary N) is 1. The first-order valence-corrected chi connectivity index (χ1v) is 7.86. The van der Waals surface area contributed by atoms with Gasteiger partial charge < -0.3 is 5.73 Å². The maximum Gasteiger partial charge on any atom is 0.0332 e. The number of hydrogen-bond donors (Lipinski definition) is 1. The molecule has 1 aromatic carbocycles. The van der Waals surface area contributed by atoms with Crippen molar-refractivity contribution in [1.29, 1.82) is 0 Å². The van der Waals surface area contributed by atoms with E-state index in [1.165, 1.54) is 56.1 Å². The molecule has 19 heavy (non-hydrogen) atoms. The van der Waals surface area contributed by atoms with Gasteiger partial charge in [0.05, 0.1) is 0 Å². The molecule has 1 aromatic rings. The monoisotopic (exact) mass is 255 g/mol. The van der Waals surface area contributed by atoms with Crippen molar-refractivity contribution in [3.63, 3.8) is 0 Å². The lowest BCUT2D eigenvalue weighted by atomic mass is 9.79. The van der Waals surface area contributed by atoms with Crippen LogP contribution in [0.3, 0.4) is 0 Å². The summed E-state index contributed by atoms with van der Waals surface area (Å²) in [5, 5.41) is 0. The molecule has 0 aliphatic heterocycles. The Morgan fingerprint density at radius 3 is 2.74 bits per heavy atom. The van der Waals surface area contributed by atoms with Crippen molar-refractivity contribution in [3.05, 3.63) is 47.0 Å². The summed E-state index contributed by atoms with van der Waals surface area (Å²) in [6.07, 6.45) is 12.8. The van der Waals surface area contributed by atoms with E-state index < -0.39 is 0 Å². The third-order valence-electron chi connectivity index (χ3n) is 4.78. The summed E-state index contributed by atoms with van der Waals surface area (Å²) in [5.41, 5.74) is 10.8. The van der Waals surface area contributed by atoms with Crippen LogP contribution in [0.25, 0.3) is 0 Å². The van der Waals surface area contributed by atoms with E-state index in [0.717, 1.165) is 12.3 Å².